The zero-order valence-electron chi connectivity index (χ0n) is 25.3. The van der Waals surface area contributed by atoms with Gasteiger partial charge in [-0.1, -0.05) is 23.2 Å². The summed E-state index contributed by atoms with van der Waals surface area (Å²) < 4.78 is 33.1. The number of likely N-dealkylation sites (N-methyl/N-ethyl adjacent to an activating group) is 1. The number of ether oxygens (including phenoxy) is 1. The van der Waals surface area contributed by atoms with Gasteiger partial charge in [-0.25, -0.2) is 18.0 Å². The van der Waals surface area contributed by atoms with Crippen molar-refractivity contribution in [1.82, 2.24) is 24.3 Å². The van der Waals surface area contributed by atoms with Gasteiger partial charge < -0.3 is 29.9 Å². The van der Waals surface area contributed by atoms with E-state index in [4.69, 9.17) is 27.9 Å². The molecular formula is C29H41Cl2N5O8S. The number of rotatable bonds is 11. The normalized spacial score (nSPS) is 21.0. The zero-order valence-corrected chi connectivity index (χ0v) is 27.7. The van der Waals surface area contributed by atoms with Gasteiger partial charge in [0.1, 0.15) is 12.1 Å². The molecule has 3 fully saturated rings. The molecule has 250 valence electrons. The maximum atomic E-state index is 13.3. The maximum Gasteiger partial charge on any atom is 0.409 e. The molecule has 45 heavy (non-hydrogen) atoms. The predicted molar refractivity (Wildman–Crippen MR) is 167 cm³/mol. The fourth-order valence-electron chi connectivity index (χ4n) is 5.92. The lowest BCUT2D eigenvalue weighted by atomic mass is 9.93. The monoisotopic (exact) mass is 689 g/mol. The molecule has 3 heterocycles. The van der Waals surface area contributed by atoms with E-state index in [1.54, 1.807) is 9.80 Å². The number of carboxylic acids is 1. The van der Waals surface area contributed by atoms with Crippen LogP contribution in [0.5, 0.6) is 0 Å². The summed E-state index contributed by atoms with van der Waals surface area (Å²) in [6.07, 6.45) is 2.34. The van der Waals surface area contributed by atoms with Crippen molar-refractivity contribution in [3.8, 4) is 0 Å². The van der Waals surface area contributed by atoms with Crippen LogP contribution < -0.4 is 5.32 Å². The van der Waals surface area contributed by atoms with Crippen molar-refractivity contribution in [2.24, 2.45) is 5.92 Å². The number of piperazine rings is 1. The molecule has 0 bridgehead atoms. The third-order valence-electron chi connectivity index (χ3n) is 8.69. The molecule has 0 spiro atoms. The number of halogens is 2. The van der Waals surface area contributed by atoms with E-state index in [1.807, 2.05) is 7.05 Å². The maximum absolute atomic E-state index is 13.3. The molecule has 16 heteroatoms. The Kier molecular flexibility index (Phi) is 12.3. The SMILES string of the molecule is CN1CCN(C(=O)OCCC2CCN(C(=O)CC[C@H](NC(=O)[C@@H]3CCCN3S(=O)(=O)c3cc(Cl)cc(Cl)c3)C(=O)O)CC2)CC1. The molecule has 3 amide bonds. The van der Waals surface area contributed by atoms with E-state index in [2.05, 4.69) is 10.2 Å². The highest BCUT2D eigenvalue weighted by molar-refractivity contribution is 7.89. The first kappa shape index (κ1) is 35.2. The van der Waals surface area contributed by atoms with E-state index in [0.717, 1.165) is 30.2 Å². The summed E-state index contributed by atoms with van der Waals surface area (Å²) in [5.74, 6) is -1.94. The van der Waals surface area contributed by atoms with Gasteiger partial charge in [0.15, 0.2) is 0 Å². The number of aliphatic carboxylic acids is 1. The summed E-state index contributed by atoms with van der Waals surface area (Å²) in [5.41, 5.74) is 0. The lowest BCUT2D eigenvalue weighted by Gasteiger charge is -2.33. The molecular weight excluding hydrogens is 649 g/mol. The number of carbonyl (C=O) groups is 4. The van der Waals surface area contributed by atoms with Gasteiger partial charge in [-0.2, -0.15) is 4.31 Å². The Hall–Kier alpha value is -2.65. The summed E-state index contributed by atoms with van der Waals surface area (Å²) in [6.45, 7) is 4.40. The number of likely N-dealkylation sites (tertiary alicyclic amines) is 1. The van der Waals surface area contributed by atoms with E-state index >= 15 is 0 Å². The lowest BCUT2D eigenvalue weighted by molar-refractivity contribution is -0.143. The fraction of sp³-hybridized carbons (Fsp3) is 0.655. The number of carboxylic acid groups (broad SMARTS) is 1. The smallest absolute Gasteiger partial charge is 0.409 e. The number of piperidine rings is 1. The van der Waals surface area contributed by atoms with Crippen LogP contribution in [0, 0.1) is 5.92 Å². The molecule has 0 saturated carbocycles. The molecule has 1 aromatic carbocycles. The number of amides is 3. The van der Waals surface area contributed by atoms with Crippen LogP contribution in [0.4, 0.5) is 4.79 Å². The van der Waals surface area contributed by atoms with E-state index < -0.39 is 34.0 Å². The average Bonchev–Trinajstić information content (AvgIpc) is 3.50. The average molecular weight is 691 g/mol. The topological polar surface area (TPSA) is 157 Å². The van der Waals surface area contributed by atoms with Crippen LogP contribution in [0.1, 0.15) is 44.9 Å². The van der Waals surface area contributed by atoms with Gasteiger partial charge in [0.25, 0.3) is 0 Å². The molecule has 2 atom stereocenters. The van der Waals surface area contributed by atoms with Gasteiger partial charge in [0.05, 0.1) is 11.5 Å². The number of hydrogen-bond acceptors (Lipinski definition) is 8. The quantitative estimate of drug-likeness (QED) is 0.356. The van der Waals surface area contributed by atoms with Gasteiger partial charge in [-0.05, 0) is 69.7 Å². The van der Waals surface area contributed by atoms with Crippen LogP contribution >= 0.6 is 23.2 Å². The van der Waals surface area contributed by atoms with Crippen molar-refractivity contribution in [1.29, 1.82) is 0 Å². The molecule has 0 radical (unpaired) electrons. The molecule has 13 nitrogen and oxygen atoms in total. The minimum Gasteiger partial charge on any atom is -0.480 e. The zero-order chi connectivity index (χ0) is 32.7. The van der Waals surface area contributed by atoms with Crippen LogP contribution in [-0.2, 0) is 29.1 Å². The highest BCUT2D eigenvalue weighted by atomic mass is 35.5. The first-order valence-corrected chi connectivity index (χ1v) is 17.4. The van der Waals surface area contributed by atoms with Crippen molar-refractivity contribution >= 4 is 57.1 Å². The van der Waals surface area contributed by atoms with Crippen molar-refractivity contribution in [2.75, 3.05) is 59.5 Å². The number of benzene rings is 1. The van der Waals surface area contributed by atoms with Crippen molar-refractivity contribution in [3.63, 3.8) is 0 Å². The van der Waals surface area contributed by atoms with Crippen LogP contribution in [0.3, 0.4) is 0 Å². The van der Waals surface area contributed by atoms with Crippen LogP contribution in [-0.4, -0.2) is 128 Å². The molecule has 2 N–H and O–H groups in total. The molecule has 0 aliphatic carbocycles. The molecule has 4 rings (SSSR count). The standard InChI is InChI=1S/C29H41Cl2N5O8S/c1-33-12-14-35(15-13-33)29(41)44-16-8-20-6-10-34(11-7-20)26(37)5-4-24(28(39)40)32-27(38)25-3-2-9-36(25)45(42,43)23-18-21(30)17-22(31)19-23/h17-20,24-25H,2-16H2,1H3,(H,32,38)(H,39,40)/t24-,25-/m0/s1. The number of sulfonamides is 1. The van der Waals surface area contributed by atoms with Gasteiger partial charge >= 0.3 is 12.1 Å². The second-order valence-corrected chi connectivity index (χ2v) is 14.6. The summed E-state index contributed by atoms with van der Waals surface area (Å²) in [6, 6.07) is 1.42. The molecule has 0 unspecified atom stereocenters. The van der Waals surface area contributed by atoms with Gasteiger partial charge in [0.2, 0.25) is 21.8 Å². The van der Waals surface area contributed by atoms with Gasteiger partial charge in [0, 0.05) is 62.3 Å². The molecule has 3 saturated heterocycles. The first-order chi connectivity index (χ1) is 21.3. The number of carbonyl (C=O) groups excluding carboxylic acids is 3. The summed E-state index contributed by atoms with van der Waals surface area (Å²) in [7, 11) is -2.11. The van der Waals surface area contributed by atoms with E-state index in [1.165, 1.54) is 18.2 Å². The van der Waals surface area contributed by atoms with Crippen molar-refractivity contribution < 1.29 is 37.4 Å². The Bertz CT molecular complexity index is 1330. The van der Waals surface area contributed by atoms with Gasteiger partial charge in [-0.3, -0.25) is 9.59 Å². The van der Waals surface area contributed by atoms with Crippen molar-refractivity contribution in [2.45, 2.75) is 61.9 Å². The van der Waals surface area contributed by atoms with Gasteiger partial charge in [-0.15, -0.1) is 0 Å². The Morgan fingerprint density at radius 2 is 1.60 bits per heavy atom. The largest absolute Gasteiger partial charge is 0.480 e. The first-order valence-electron chi connectivity index (χ1n) is 15.2. The summed E-state index contributed by atoms with van der Waals surface area (Å²) in [5, 5.41) is 12.5. The van der Waals surface area contributed by atoms with E-state index in [-0.39, 0.29) is 52.7 Å². The van der Waals surface area contributed by atoms with Crippen LogP contribution in [0.15, 0.2) is 23.1 Å². The highest BCUT2D eigenvalue weighted by Gasteiger charge is 2.41. The highest BCUT2D eigenvalue weighted by Crippen LogP contribution is 2.30. The summed E-state index contributed by atoms with van der Waals surface area (Å²) in [4.78, 5) is 55.7. The third-order valence-corrected chi connectivity index (χ3v) is 11.0. The van der Waals surface area contributed by atoms with Crippen LogP contribution in [0.2, 0.25) is 10.0 Å². The predicted octanol–water partition coefficient (Wildman–Crippen LogP) is 2.51. The second kappa shape index (κ2) is 15.8. The lowest BCUT2D eigenvalue weighted by Crippen LogP contribution is -2.51. The second-order valence-electron chi connectivity index (χ2n) is 11.8. The fourth-order valence-corrected chi connectivity index (χ4v) is 8.30. The minimum atomic E-state index is -4.13. The molecule has 3 aliphatic rings. The Balaban J connectivity index is 1.21. The van der Waals surface area contributed by atoms with E-state index in [9.17, 15) is 32.7 Å². The number of hydrogen-bond donors (Lipinski definition) is 2. The number of nitrogens with zero attached hydrogens (tertiary/aromatic N) is 4. The third kappa shape index (κ3) is 9.44. The molecule has 0 aromatic heterocycles. The van der Waals surface area contributed by atoms with Crippen LogP contribution in [0.25, 0.3) is 0 Å². The molecule has 3 aliphatic heterocycles. The number of nitrogens with one attached hydrogen (secondary N) is 1. The Morgan fingerprint density at radius 1 is 0.956 bits per heavy atom. The minimum absolute atomic E-state index is 0.0788. The molecule has 1 aromatic rings. The van der Waals surface area contributed by atoms with Crippen molar-refractivity contribution in [3.05, 3.63) is 28.2 Å². The summed E-state index contributed by atoms with van der Waals surface area (Å²) >= 11 is 12.0. The Labute approximate surface area is 273 Å². The Morgan fingerprint density at radius 3 is 2.22 bits per heavy atom. The van der Waals surface area contributed by atoms with E-state index in [0.29, 0.717) is 51.5 Å².